The van der Waals surface area contributed by atoms with Gasteiger partial charge in [-0.3, -0.25) is 0 Å². The first-order chi connectivity index (χ1) is 7.57. The van der Waals surface area contributed by atoms with E-state index < -0.39 is 35.7 Å². The number of alkyl halides is 3. The molecule has 0 aliphatic heterocycles. The van der Waals surface area contributed by atoms with Crippen molar-refractivity contribution in [1.29, 1.82) is 5.26 Å². The third kappa shape index (κ3) is 3.12. The summed E-state index contributed by atoms with van der Waals surface area (Å²) in [6.07, 6.45) is -4.75. The van der Waals surface area contributed by atoms with Crippen LogP contribution in [0.2, 0.25) is 0 Å². The summed E-state index contributed by atoms with van der Waals surface area (Å²) >= 11 is 2.62. The molecular formula is C8H2BrClF3NO2S. The Morgan fingerprint density at radius 3 is 2.24 bits per heavy atom. The molecule has 0 N–H and O–H groups in total. The second-order valence-electron chi connectivity index (χ2n) is 2.88. The second kappa shape index (κ2) is 4.48. The van der Waals surface area contributed by atoms with Crippen LogP contribution in [0.4, 0.5) is 13.2 Å². The van der Waals surface area contributed by atoms with Crippen molar-refractivity contribution >= 4 is 35.7 Å². The molecule has 0 saturated carbocycles. The summed E-state index contributed by atoms with van der Waals surface area (Å²) in [5.41, 5.74) is -1.67. The Bertz CT molecular complexity index is 606. The average Bonchev–Trinajstić information content (AvgIpc) is 2.13. The van der Waals surface area contributed by atoms with E-state index in [0.717, 1.165) is 6.07 Å². The molecule has 0 radical (unpaired) electrons. The fourth-order valence-electron chi connectivity index (χ4n) is 1.06. The lowest BCUT2D eigenvalue weighted by Gasteiger charge is -2.11. The molecule has 0 atom stereocenters. The third-order valence-corrected chi connectivity index (χ3v) is 3.78. The monoisotopic (exact) mass is 347 g/mol. The molecule has 1 aromatic rings. The maximum Gasteiger partial charge on any atom is 0.417 e. The maximum absolute atomic E-state index is 12.5. The van der Waals surface area contributed by atoms with Gasteiger partial charge >= 0.3 is 6.18 Å². The molecule has 0 saturated heterocycles. The van der Waals surface area contributed by atoms with Crippen molar-refractivity contribution < 1.29 is 21.6 Å². The van der Waals surface area contributed by atoms with Crippen molar-refractivity contribution in [2.24, 2.45) is 0 Å². The van der Waals surface area contributed by atoms with E-state index in [1.54, 1.807) is 0 Å². The van der Waals surface area contributed by atoms with Gasteiger partial charge in [0.15, 0.2) is 0 Å². The predicted octanol–water partition coefficient (Wildman–Crippen LogP) is 3.27. The van der Waals surface area contributed by atoms with Crippen LogP contribution < -0.4 is 0 Å². The molecule has 92 valence electrons. The molecule has 0 spiro atoms. The maximum atomic E-state index is 12.5. The fourth-order valence-corrected chi connectivity index (χ4v) is 2.64. The highest BCUT2D eigenvalue weighted by Gasteiger charge is 2.35. The van der Waals surface area contributed by atoms with Gasteiger partial charge in [0.2, 0.25) is 0 Å². The summed E-state index contributed by atoms with van der Waals surface area (Å²) in [7, 11) is 0.539. The molecule has 1 rings (SSSR count). The smallest absolute Gasteiger partial charge is 0.207 e. The number of halogens is 5. The highest BCUT2D eigenvalue weighted by atomic mass is 79.9. The van der Waals surface area contributed by atoms with Gasteiger partial charge in [0.1, 0.15) is 11.0 Å². The molecule has 0 unspecified atom stereocenters. The van der Waals surface area contributed by atoms with Crippen LogP contribution in [0.5, 0.6) is 0 Å². The van der Waals surface area contributed by atoms with Crippen LogP contribution >= 0.6 is 26.6 Å². The zero-order chi connectivity index (χ0) is 13.4. The van der Waals surface area contributed by atoms with Crippen LogP contribution in [-0.4, -0.2) is 8.42 Å². The molecule has 0 amide bonds. The van der Waals surface area contributed by atoms with Crippen molar-refractivity contribution in [1.82, 2.24) is 0 Å². The minimum Gasteiger partial charge on any atom is -0.207 e. The molecular weight excluding hydrogens is 347 g/mol. The highest BCUT2D eigenvalue weighted by molar-refractivity contribution is 9.10. The number of rotatable bonds is 1. The first kappa shape index (κ1) is 14.3. The van der Waals surface area contributed by atoms with Crippen LogP contribution in [0.1, 0.15) is 11.1 Å². The van der Waals surface area contributed by atoms with Crippen molar-refractivity contribution in [3.63, 3.8) is 0 Å². The van der Waals surface area contributed by atoms with E-state index >= 15 is 0 Å². The van der Waals surface area contributed by atoms with Crippen molar-refractivity contribution in [3.8, 4) is 6.07 Å². The summed E-state index contributed by atoms with van der Waals surface area (Å²) in [5.74, 6) is 0. The summed E-state index contributed by atoms with van der Waals surface area (Å²) in [4.78, 5) is -0.864. The van der Waals surface area contributed by atoms with Crippen LogP contribution in [0.25, 0.3) is 0 Å². The van der Waals surface area contributed by atoms with Crippen LogP contribution in [-0.2, 0) is 15.2 Å². The van der Waals surface area contributed by atoms with Gasteiger partial charge in [-0.15, -0.1) is 0 Å². The molecule has 0 aliphatic carbocycles. The Morgan fingerprint density at radius 2 is 1.88 bits per heavy atom. The van der Waals surface area contributed by atoms with E-state index in [1.165, 1.54) is 6.07 Å². The lowest BCUT2D eigenvalue weighted by Crippen LogP contribution is -2.08. The molecule has 0 aliphatic rings. The minimum absolute atomic E-state index is 0.324. The third-order valence-electron chi connectivity index (χ3n) is 1.76. The molecule has 1 aromatic carbocycles. The van der Waals surface area contributed by atoms with Gasteiger partial charge in [0, 0.05) is 15.2 Å². The summed E-state index contributed by atoms with van der Waals surface area (Å²) in [6.45, 7) is 0. The van der Waals surface area contributed by atoms with Crippen LogP contribution in [0.3, 0.4) is 0 Å². The van der Waals surface area contributed by atoms with Crippen molar-refractivity contribution in [2.75, 3.05) is 0 Å². The second-order valence-corrected chi connectivity index (χ2v) is 6.26. The zero-order valence-corrected chi connectivity index (χ0v) is 10.9. The van der Waals surface area contributed by atoms with Gasteiger partial charge in [-0.05, 0) is 12.1 Å². The SMILES string of the molecule is N#Cc1cc(Br)c(C(F)(F)F)cc1S(=O)(=O)Cl. The number of nitriles is 1. The van der Waals surface area contributed by atoms with E-state index in [1.807, 2.05) is 0 Å². The normalized spacial score (nSPS) is 12.2. The highest BCUT2D eigenvalue weighted by Crippen LogP contribution is 2.38. The van der Waals surface area contributed by atoms with Crippen molar-refractivity contribution in [3.05, 3.63) is 27.7 Å². The summed E-state index contributed by atoms with van der Waals surface area (Å²) in [5, 5.41) is 8.62. The van der Waals surface area contributed by atoms with Gasteiger partial charge in [-0.2, -0.15) is 18.4 Å². The Morgan fingerprint density at radius 1 is 1.35 bits per heavy atom. The lowest BCUT2D eigenvalue weighted by molar-refractivity contribution is -0.138. The largest absolute Gasteiger partial charge is 0.417 e. The predicted molar refractivity (Wildman–Crippen MR) is 56.9 cm³/mol. The molecule has 0 bridgehead atoms. The number of nitrogens with zero attached hydrogens (tertiary/aromatic N) is 1. The van der Waals surface area contributed by atoms with Gasteiger partial charge < -0.3 is 0 Å². The number of hydrogen-bond donors (Lipinski definition) is 0. The number of hydrogen-bond acceptors (Lipinski definition) is 3. The Balaban J connectivity index is 3.69. The van der Waals surface area contributed by atoms with E-state index in [0.29, 0.717) is 6.07 Å². The number of benzene rings is 1. The van der Waals surface area contributed by atoms with Crippen LogP contribution in [0, 0.1) is 11.3 Å². The van der Waals surface area contributed by atoms with Gasteiger partial charge in [-0.25, -0.2) is 8.42 Å². The van der Waals surface area contributed by atoms with Gasteiger partial charge in [0.25, 0.3) is 9.05 Å². The standard InChI is InChI=1S/C8H2BrClF3NO2S/c9-6-1-4(3-14)7(17(10,15)16)2-5(6)8(11,12)13/h1-2H. The topological polar surface area (TPSA) is 57.9 Å². The molecule has 0 heterocycles. The molecule has 0 aromatic heterocycles. The van der Waals surface area contributed by atoms with Crippen molar-refractivity contribution in [2.45, 2.75) is 11.1 Å². The Hall–Kier alpha value is -0.780. The molecule has 17 heavy (non-hydrogen) atoms. The summed E-state index contributed by atoms with van der Waals surface area (Å²) in [6, 6.07) is 2.55. The van der Waals surface area contributed by atoms with Crippen LogP contribution in [0.15, 0.2) is 21.5 Å². The van der Waals surface area contributed by atoms with E-state index in [2.05, 4.69) is 15.9 Å². The van der Waals surface area contributed by atoms with E-state index in [9.17, 15) is 21.6 Å². The molecule has 9 heteroatoms. The lowest BCUT2D eigenvalue weighted by atomic mass is 10.1. The first-order valence-electron chi connectivity index (χ1n) is 3.83. The Kier molecular flexibility index (Phi) is 3.76. The first-order valence-corrected chi connectivity index (χ1v) is 6.93. The average molecular weight is 349 g/mol. The van der Waals surface area contributed by atoms with E-state index in [4.69, 9.17) is 15.9 Å². The van der Waals surface area contributed by atoms with Gasteiger partial charge in [0.05, 0.1) is 11.1 Å². The fraction of sp³-hybridized carbons (Fsp3) is 0.125. The quantitative estimate of drug-likeness (QED) is 0.732. The zero-order valence-electron chi connectivity index (χ0n) is 7.72. The Labute approximate surface area is 107 Å². The van der Waals surface area contributed by atoms with Gasteiger partial charge in [-0.1, -0.05) is 15.9 Å². The minimum atomic E-state index is -4.75. The van der Waals surface area contributed by atoms with E-state index in [-0.39, 0.29) is 0 Å². The summed E-state index contributed by atoms with van der Waals surface area (Å²) < 4.78 is 59.1. The molecule has 0 fully saturated rings. The molecule has 3 nitrogen and oxygen atoms in total.